The molecular weight excluding hydrogens is 354 g/mol. The van der Waals surface area contributed by atoms with Gasteiger partial charge in [-0.2, -0.15) is 0 Å². The zero-order valence-electron chi connectivity index (χ0n) is 15.2. The first-order valence-corrected chi connectivity index (χ1v) is 8.82. The van der Waals surface area contributed by atoms with Gasteiger partial charge in [-0.05, 0) is 35.2 Å². The number of hydrogen-bond donors (Lipinski definition) is 0. The van der Waals surface area contributed by atoms with Gasteiger partial charge in [-0.15, -0.1) is 0 Å². The normalized spacial score (nSPS) is 15.5. The summed E-state index contributed by atoms with van der Waals surface area (Å²) in [4.78, 5) is 38.3. The zero-order chi connectivity index (χ0) is 19.7. The average molecular weight is 371 g/mol. The fourth-order valence-corrected chi connectivity index (χ4v) is 3.37. The van der Waals surface area contributed by atoms with Crippen LogP contribution in [0.15, 0.2) is 72.3 Å². The van der Waals surface area contributed by atoms with E-state index in [9.17, 15) is 14.4 Å². The molecule has 3 aromatic carbocycles. The van der Waals surface area contributed by atoms with E-state index < -0.39 is 5.97 Å². The van der Waals surface area contributed by atoms with Gasteiger partial charge in [0, 0.05) is 11.0 Å². The molecule has 1 saturated heterocycles. The summed E-state index contributed by atoms with van der Waals surface area (Å²) in [5.41, 5.74) is 2.18. The van der Waals surface area contributed by atoms with Gasteiger partial charge in [-0.1, -0.05) is 48.5 Å². The number of nitrogens with zero attached hydrogens (tertiary/aromatic N) is 1. The van der Waals surface area contributed by atoms with Crippen LogP contribution < -0.4 is 4.90 Å². The number of fused-ring (bicyclic) bond motifs is 1. The van der Waals surface area contributed by atoms with E-state index in [0.717, 1.165) is 16.3 Å². The van der Waals surface area contributed by atoms with E-state index in [4.69, 9.17) is 0 Å². The third kappa shape index (κ3) is 3.07. The van der Waals surface area contributed by atoms with E-state index in [0.29, 0.717) is 16.8 Å². The molecule has 138 valence electrons. The van der Waals surface area contributed by atoms with Gasteiger partial charge in [0.25, 0.3) is 5.91 Å². The van der Waals surface area contributed by atoms with E-state index in [2.05, 4.69) is 4.74 Å². The zero-order valence-corrected chi connectivity index (χ0v) is 15.2. The number of rotatable bonds is 3. The van der Waals surface area contributed by atoms with Crippen LogP contribution in [0.2, 0.25) is 0 Å². The highest BCUT2D eigenvalue weighted by Gasteiger charge is 2.35. The lowest BCUT2D eigenvalue weighted by atomic mass is 10.1. The van der Waals surface area contributed by atoms with Gasteiger partial charge in [0.05, 0.1) is 24.8 Å². The second-order valence-electron chi connectivity index (χ2n) is 6.49. The number of imide groups is 1. The molecular formula is C23H17NO4. The summed E-state index contributed by atoms with van der Waals surface area (Å²) in [5.74, 6) is -0.995. The van der Waals surface area contributed by atoms with Crippen molar-refractivity contribution in [1.29, 1.82) is 0 Å². The summed E-state index contributed by atoms with van der Waals surface area (Å²) in [6.45, 7) is 0. The fourth-order valence-electron chi connectivity index (χ4n) is 3.37. The minimum atomic E-state index is -0.423. The Kier molecular flexibility index (Phi) is 4.49. The van der Waals surface area contributed by atoms with Gasteiger partial charge in [0.15, 0.2) is 0 Å². The summed E-state index contributed by atoms with van der Waals surface area (Å²) in [6, 6.07) is 19.9. The predicted molar refractivity (Wildman–Crippen MR) is 107 cm³/mol. The van der Waals surface area contributed by atoms with Gasteiger partial charge in [0.1, 0.15) is 0 Å². The molecule has 1 aliphatic rings. The minimum Gasteiger partial charge on any atom is -0.465 e. The van der Waals surface area contributed by atoms with Crippen molar-refractivity contribution < 1.29 is 19.1 Å². The second kappa shape index (κ2) is 7.12. The standard InChI is InChI=1S/C23H17NO4/c1-28-23(27)17-11-9-15(10-12-17)13-18-14-21(25)24(22(18)26)20-8-4-6-16-5-2-3-7-19(16)20/h2-13H,14H2,1H3. The number of ether oxygens (including phenoxy) is 1. The van der Waals surface area contributed by atoms with Crippen molar-refractivity contribution in [3.63, 3.8) is 0 Å². The molecule has 0 spiro atoms. The maximum Gasteiger partial charge on any atom is 0.337 e. The van der Waals surface area contributed by atoms with Crippen LogP contribution in [0.5, 0.6) is 0 Å². The summed E-state index contributed by atoms with van der Waals surface area (Å²) in [6.07, 6.45) is 1.73. The molecule has 5 nitrogen and oxygen atoms in total. The van der Waals surface area contributed by atoms with Gasteiger partial charge < -0.3 is 4.74 Å². The Morgan fingerprint density at radius 2 is 1.68 bits per heavy atom. The number of methoxy groups -OCH3 is 1. The molecule has 1 aliphatic heterocycles. The number of anilines is 1. The molecule has 28 heavy (non-hydrogen) atoms. The Morgan fingerprint density at radius 3 is 2.43 bits per heavy atom. The van der Waals surface area contributed by atoms with Crippen molar-refractivity contribution in [2.24, 2.45) is 0 Å². The summed E-state index contributed by atoms with van der Waals surface area (Å²) >= 11 is 0. The monoisotopic (exact) mass is 371 g/mol. The van der Waals surface area contributed by atoms with E-state index in [1.54, 1.807) is 36.4 Å². The number of amides is 2. The lowest BCUT2D eigenvalue weighted by Crippen LogP contribution is -2.29. The van der Waals surface area contributed by atoms with E-state index in [1.807, 2.05) is 36.4 Å². The van der Waals surface area contributed by atoms with Gasteiger partial charge >= 0.3 is 5.97 Å². The number of esters is 1. The molecule has 0 radical (unpaired) electrons. The molecule has 5 heteroatoms. The summed E-state index contributed by atoms with van der Waals surface area (Å²) < 4.78 is 4.68. The van der Waals surface area contributed by atoms with Crippen molar-refractivity contribution in [2.75, 3.05) is 12.0 Å². The molecule has 1 fully saturated rings. The maximum atomic E-state index is 12.9. The van der Waals surface area contributed by atoms with Crippen LogP contribution in [-0.4, -0.2) is 24.9 Å². The molecule has 0 N–H and O–H groups in total. The van der Waals surface area contributed by atoms with E-state index in [-0.39, 0.29) is 18.2 Å². The van der Waals surface area contributed by atoms with Gasteiger partial charge in [0.2, 0.25) is 5.91 Å². The lowest BCUT2D eigenvalue weighted by Gasteiger charge is -2.16. The van der Waals surface area contributed by atoms with Crippen molar-refractivity contribution in [3.05, 3.63) is 83.4 Å². The number of benzene rings is 3. The Bertz CT molecular complexity index is 1120. The quantitative estimate of drug-likeness (QED) is 0.397. The fraction of sp³-hybridized carbons (Fsp3) is 0.0870. The van der Waals surface area contributed by atoms with Crippen LogP contribution in [0.1, 0.15) is 22.3 Å². The minimum absolute atomic E-state index is 0.0425. The second-order valence-corrected chi connectivity index (χ2v) is 6.49. The molecule has 1 heterocycles. The number of hydrogen-bond acceptors (Lipinski definition) is 4. The molecule has 0 aromatic heterocycles. The van der Waals surface area contributed by atoms with Crippen LogP contribution >= 0.6 is 0 Å². The Balaban J connectivity index is 1.67. The van der Waals surface area contributed by atoms with Crippen molar-refractivity contribution in [3.8, 4) is 0 Å². The molecule has 3 aromatic rings. The average Bonchev–Trinajstić information content (AvgIpc) is 3.00. The maximum absolute atomic E-state index is 12.9. The van der Waals surface area contributed by atoms with Crippen LogP contribution in [0.3, 0.4) is 0 Å². The predicted octanol–water partition coefficient (Wildman–Crippen LogP) is 3.97. The first-order chi connectivity index (χ1) is 13.6. The lowest BCUT2D eigenvalue weighted by molar-refractivity contribution is -0.120. The van der Waals surface area contributed by atoms with Gasteiger partial charge in [-0.25, -0.2) is 9.69 Å². The molecule has 0 unspecified atom stereocenters. The third-order valence-electron chi connectivity index (χ3n) is 4.75. The molecule has 4 rings (SSSR count). The van der Waals surface area contributed by atoms with E-state index in [1.165, 1.54) is 12.0 Å². The Labute approximate surface area is 161 Å². The smallest absolute Gasteiger partial charge is 0.337 e. The Morgan fingerprint density at radius 1 is 0.964 bits per heavy atom. The summed E-state index contributed by atoms with van der Waals surface area (Å²) in [5, 5.41) is 1.83. The molecule has 0 atom stereocenters. The number of carbonyl (C=O) groups is 3. The highest BCUT2D eigenvalue weighted by Crippen LogP contribution is 2.32. The summed E-state index contributed by atoms with van der Waals surface area (Å²) in [7, 11) is 1.32. The molecule has 2 amide bonds. The van der Waals surface area contributed by atoms with Crippen molar-refractivity contribution in [2.45, 2.75) is 6.42 Å². The largest absolute Gasteiger partial charge is 0.465 e. The topological polar surface area (TPSA) is 63.7 Å². The Hall–Kier alpha value is -3.73. The first-order valence-electron chi connectivity index (χ1n) is 8.82. The van der Waals surface area contributed by atoms with Crippen LogP contribution in [0, 0.1) is 0 Å². The van der Waals surface area contributed by atoms with Crippen LogP contribution in [0.4, 0.5) is 5.69 Å². The number of carbonyl (C=O) groups excluding carboxylic acids is 3. The van der Waals surface area contributed by atoms with Crippen LogP contribution in [-0.2, 0) is 14.3 Å². The highest BCUT2D eigenvalue weighted by atomic mass is 16.5. The molecule has 0 bridgehead atoms. The highest BCUT2D eigenvalue weighted by molar-refractivity contribution is 6.31. The molecule has 0 aliphatic carbocycles. The SMILES string of the molecule is COC(=O)c1ccc(C=C2CC(=O)N(c3cccc4ccccc34)C2=O)cc1. The van der Waals surface area contributed by atoms with Crippen LogP contribution in [0.25, 0.3) is 16.8 Å². The third-order valence-corrected chi connectivity index (χ3v) is 4.75. The molecule has 0 saturated carbocycles. The van der Waals surface area contributed by atoms with E-state index >= 15 is 0 Å². The van der Waals surface area contributed by atoms with Crippen molar-refractivity contribution >= 4 is 40.3 Å². The van der Waals surface area contributed by atoms with Gasteiger partial charge in [-0.3, -0.25) is 9.59 Å². The van der Waals surface area contributed by atoms with Crippen molar-refractivity contribution in [1.82, 2.24) is 0 Å². The first kappa shape index (κ1) is 17.7.